The first-order valence-electron chi connectivity index (χ1n) is 48.3. The van der Waals surface area contributed by atoms with Gasteiger partial charge in [0.25, 0.3) is 6.71 Å². The fourth-order valence-corrected chi connectivity index (χ4v) is 18.3. The van der Waals surface area contributed by atoms with Crippen molar-refractivity contribution in [1.29, 1.82) is 0 Å². The number of hydrogen-bond acceptors (Lipinski definition) is 4. The van der Waals surface area contributed by atoms with Crippen LogP contribution in [0.2, 0.25) is 0 Å². The van der Waals surface area contributed by atoms with Gasteiger partial charge in [0.2, 0.25) is 0 Å². The Bertz CT molecular complexity index is 7780. The zero-order chi connectivity index (χ0) is 94.2. The molecule has 0 atom stereocenters. The molecule has 7 heteroatoms. The van der Waals surface area contributed by atoms with Crippen molar-refractivity contribution in [3.05, 3.63) is 331 Å². The Kier molecular flexibility index (Phi) is 12.5. The molecule has 117 heavy (non-hydrogen) atoms. The van der Waals surface area contributed by atoms with E-state index in [0.29, 0.717) is 67.4 Å². The number of hydrogen-bond donors (Lipinski definition) is 0. The van der Waals surface area contributed by atoms with Crippen molar-refractivity contribution < 1.29 is 30.8 Å². The molecule has 2 aliphatic rings. The molecule has 0 amide bonds. The summed E-state index contributed by atoms with van der Waals surface area (Å²) in [6.07, 6.45) is 0. The first-order valence-corrected chi connectivity index (χ1v) is 40.3. The fraction of sp³-hybridized carbons (Fsp3) is 0.182. The molecule has 19 aromatic rings. The van der Waals surface area contributed by atoms with Crippen LogP contribution in [0.25, 0.3) is 143 Å². The molecule has 0 saturated carbocycles. The second-order valence-corrected chi connectivity index (χ2v) is 36.9. The molecule has 4 aromatic heterocycles. The predicted molar refractivity (Wildman–Crippen MR) is 499 cm³/mol. The van der Waals surface area contributed by atoms with Crippen LogP contribution in [0.3, 0.4) is 0 Å². The Balaban J connectivity index is 1.02. The maximum absolute atomic E-state index is 10.1. The quantitative estimate of drug-likeness (QED) is 0.142. The summed E-state index contributed by atoms with van der Waals surface area (Å²) >= 11 is 0. The summed E-state index contributed by atoms with van der Waals surface area (Å²) in [4.78, 5) is 4.77. The largest absolute Gasteiger partial charge is 0.456 e. The van der Waals surface area contributed by atoms with Crippen LogP contribution in [0, 0.1) is 0 Å². The van der Waals surface area contributed by atoms with Gasteiger partial charge < -0.3 is 27.8 Å². The van der Waals surface area contributed by atoms with Gasteiger partial charge in [0.15, 0.2) is 0 Å². The lowest BCUT2D eigenvalue weighted by Gasteiger charge is -2.47. The van der Waals surface area contributed by atoms with Gasteiger partial charge in [-0.25, -0.2) is 0 Å². The molecule has 570 valence electrons. The molecule has 15 aromatic carbocycles. The standard InChI is InChI=1S/C110H95BN4O2/c1-106(2,3)68-34-28-32-66(56-68)83-58-70(108(7,8)9)60-85(79-42-30-50-99-101(79)81-40-20-26-48-97(81)116-99)104(83)114-93-64-73(112-89-44-22-16-36-75(89)76-37-17-23-45-90(76)112)52-54-87(93)111-88-55-53-74(113-91-46-24-18-38-77(91)78-39-19-25-47-92(78)113)65-94(88)115(96-63-72(110(13,14)15)62-95(114)103(96)111)105-84(67-33-29-35-69(57-67)107(4,5)6)59-71(109(10,11)12)61-86(105)80-43-31-51-100-102(80)82-41-21-27-49-98(82)117-100/h16-65H,1-15H3/i16D,17D,18D,19D,22D,23D,24D,25D,36D,37D,38D,39D,44D,45D,46D,47D. The zero-order valence-electron chi connectivity index (χ0n) is 84.3. The molecule has 0 fully saturated rings. The molecule has 2 aliphatic heterocycles. The number of anilines is 6. The lowest BCUT2D eigenvalue weighted by Crippen LogP contribution is -2.61. The molecule has 21 rings (SSSR count). The smallest absolute Gasteiger partial charge is 0.252 e. The topological polar surface area (TPSA) is 42.6 Å². The normalized spacial score (nSPS) is 15.3. The van der Waals surface area contributed by atoms with Crippen LogP contribution >= 0.6 is 0 Å². The average Bonchev–Trinajstić information content (AvgIpc) is 1.46. The van der Waals surface area contributed by atoms with Crippen molar-refractivity contribution in [2.45, 2.75) is 131 Å². The minimum Gasteiger partial charge on any atom is -0.456 e. The molecule has 6 nitrogen and oxygen atoms in total. The van der Waals surface area contributed by atoms with E-state index in [0.717, 1.165) is 111 Å². The van der Waals surface area contributed by atoms with Crippen molar-refractivity contribution in [1.82, 2.24) is 9.13 Å². The van der Waals surface area contributed by atoms with Gasteiger partial charge in [-0.3, -0.25) is 0 Å². The summed E-state index contributed by atoms with van der Waals surface area (Å²) < 4.78 is 172. The first kappa shape index (κ1) is 56.4. The summed E-state index contributed by atoms with van der Waals surface area (Å²) in [5.41, 5.74) is 18.6. The molecule has 6 heterocycles. The minimum atomic E-state index is -0.849. The highest BCUT2D eigenvalue weighted by molar-refractivity contribution is 7.00. The molecule has 0 bridgehead atoms. The molecule has 0 N–H and O–H groups in total. The van der Waals surface area contributed by atoms with E-state index in [1.165, 1.54) is 0 Å². The summed E-state index contributed by atoms with van der Waals surface area (Å²) in [5, 5.41) is 3.15. The third-order valence-electron chi connectivity index (χ3n) is 24.4. The highest BCUT2D eigenvalue weighted by Gasteiger charge is 2.47. The highest BCUT2D eigenvalue weighted by atomic mass is 16.3. The Morgan fingerprint density at radius 3 is 0.983 bits per heavy atom. The lowest BCUT2D eigenvalue weighted by atomic mass is 9.33. The molecule has 0 aliphatic carbocycles. The van der Waals surface area contributed by atoms with Gasteiger partial charge in [-0.05, 0) is 203 Å². The molecule has 0 unspecified atom stereocenters. The molecule has 0 saturated heterocycles. The van der Waals surface area contributed by atoms with E-state index in [-0.39, 0.29) is 54.4 Å². The van der Waals surface area contributed by atoms with Gasteiger partial charge in [-0.15, -0.1) is 0 Å². The summed E-state index contributed by atoms with van der Waals surface area (Å²) in [7, 11) is 0. The van der Waals surface area contributed by atoms with E-state index in [1.54, 1.807) is 9.13 Å². The maximum atomic E-state index is 10.1. The number of rotatable bonds is 8. The van der Waals surface area contributed by atoms with Crippen LogP contribution in [-0.4, -0.2) is 15.8 Å². The number of para-hydroxylation sites is 6. The molecule has 0 radical (unpaired) electrons. The van der Waals surface area contributed by atoms with E-state index in [4.69, 9.17) is 8.83 Å². The lowest BCUT2D eigenvalue weighted by molar-refractivity contribution is 0.589. The number of fused-ring (bicyclic) bond motifs is 16. The highest BCUT2D eigenvalue weighted by Crippen LogP contribution is 2.58. The van der Waals surface area contributed by atoms with Gasteiger partial charge in [0.1, 0.15) is 22.3 Å². The van der Waals surface area contributed by atoms with Crippen LogP contribution in [0.1, 0.15) is 154 Å². The van der Waals surface area contributed by atoms with Crippen molar-refractivity contribution in [3.63, 3.8) is 0 Å². The van der Waals surface area contributed by atoms with Gasteiger partial charge in [-0.1, -0.05) is 298 Å². The number of aromatic nitrogens is 2. The number of benzene rings is 15. The van der Waals surface area contributed by atoms with Crippen LogP contribution in [-0.2, 0) is 27.1 Å². The summed E-state index contributed by atoms with van der Waals surface area (Å²) in [6.45, 7) is 32.4. The summed E-state index contributed by atoms with van der Waals surface area (Å²) in [5.74, 6) is 0. The fourth-order valence-electron chi connectivity index (χ4n) is 18.3. The van der Waals surface area contributed by atoms with Gasteiger partial charge >= 0.3 is 0 Å². The minimum absolute atomic E-state index is 0.0661. The monoisotopic (exact) mass is 1530 g/mol. The van der Waals surface area contributed by atoms with Crippen molar-refractivity contribution >= 4 is 145 Å². The van der Waals surface area contributed by atoms with Gasteiger partial charge in [-0.2, -0.15) is 0 Å². The molecule has 0 spiro atoms. The first-order chi connectivity index (χ1) is 62.8. The van der Waals surface area contributed by atoms with Crippen molar-refractivity contribution in [2.75, 3.05) is 9.80 Å². The molecular formula is C110H95BN4O2. The van der Waals surface area contributed by atoms with Crippen LogP contribution in [0.4, 0.5) is 34.1 Å². The van der Waals surface area contributed by atoms with E-state index in [1.807, 2.05) is 97.1 Å². The number of furan rings is 2. The van der Waals surface area contributed by atoms with E-state index >= 15 is 0 Å². The van der Waals surface area contributed by atoms with Crippen molar-refractivity contribution in [2.24, 2.45) is 0 Å². The SMILES string of the molecule is [2H]c1c([2H])c([2H])c2c(c1[2H])c1c([2H])c([2H])c([2H])c([2H])c1n2-c1ccc2c(c1)N(c1c(-c3cccc(C(C)(C)C)c3)cc(C(C)(C)C)cc1-c1cccc3oc4ccccc4c13)c1cc(C(C)(C)C)cc3c1B2c1ccc(-n2c4c([2H])c([2H])c([2H])c([2H])c4c4c([2H])c([2H])c([2H])c([2H])c42)cc1N3c1c(-c2cccc(C(C)(C)C)c2)cc(C(C)(C)C)cc1-c1cccc2oc3ccccc3c12. The second-order valence-electron chi connectivity index (χ2n) is 36.9. The summed E-state index contributed by atoms with van der Waals surface area (Å²) in [6, 6.07) is 63.5. The maximum Gasteiger partial charge on any atom is 0.252 e. The molecular weight excluding hydrogens is 1420 g/mol. The van der Waals surface area contributed by atoms with Crippen LogP contribution in [0.5, 0.6) is 0 Å². The Morgan fingerprint density at radius 1 is 0.274 bits per heavy atom. The third-order valence-corrected chi connectivity index (χ3v) is 24.4. The second kappa shape index (κ2) is 25.8. The van der Waals surface area contributed by atoms with Crippen LogP contribution in [0.15, 0.2) is 312 Å². The van der Waals surface area contributed by atoms with Gasteiger partial charge in [0, 0.05) is 99.5 Å². The number of nitrogens with zero attached hydrogens (tertiary/aromatic N) is 4. The van der Waals surface area contributed by atoms with Crippen molar-refractivity contribution in [3.8, 4) is 55.9 Å². The van der Waals surface area contributed by atoms with Crippen LogP contribution < -0.4 is 26.2 Å². The Hall–Kier alpha value is -12.8. The van der Waals surface area contributed by atoms with E-state index < -0.39 is 120 Å². The Labute approximate surface area is 708 Å². The predicted octanol–water partition coefficient (Wildman–Crippen LogP) is 28.9. The van der Waals surface area contributed by atoms with E-state index in [9.17, 15) is 21.9 Å². The van der Waals surface area contributed by atoms with Gasteiger partial charge in [0.05, 0.1) is 55.4 Å². The third kappa shape index (κ3) is 11.3. The zero-order valence-corrected chi connectivity index (χ0v) is 68.3. The van der Waals surface area contributed by atoms with E-state index in [2.05, 4.69) is 223 Å². The average molecular weight is 1530 g/mol. The Morgan fingerprint density at radius 2 is 0.607 bits per heavy atom.